The van der Waals surface area contributed by atoms with E-state index in [0.29, 0.717) is 24.3 Å². The maximum Gasteiger partial charge on any atom is 0.277 e. The van der Waals surface area contributed by atoms with E-state index in [0.717, 1.165) is 23.1 Å². The van der Waals surface area contributed by atoms with E-state index in [2.05, 4.69) is 21.6 Å². The fraction of sp³-hybridized carbons (Fsp3) is 0.500. The number of nitrogens with one attached hydrogen (secondary N) is 1. The Hall–Kier alpha value is -1.86. The third kappa shape index (κ3) is 6.88. The largest absolute Gasteiger partial charge is 0.411 e. The Bertz CT molecular complexity index is 680. The zero-order valence-electron chi connectivity index (χ0n) is 15.2. The maximum atomic E-state index is 11.8. The number of carbonyl (C=O) groups excluding carboxylic acids is 1. The lowest BCUT2D eigenvalue weighted by Gasteiger charge is -2.07. The summed E-state index contributed by atoms with van der Waals surface area (Å²) in [5.41, 5.74) is 3.18. The van der Waals surface area contributed by atoms with Crippen molar-refractivity contribution in [3.05, 3.63) is 29.3 Å². The summed E-state index contributed by atoms with van der Waals surface area (Å²) in [6, 6.07) is 6.09. The lowest BCUT2D eigenvalue weighted by atomic mass is 10.1. The highest BCUT2D eigenvalue weighted by atomic mass is 32.2. The van der Waals surface area contributed by atoms with Gasteiger partial charge in [-0.2, -0.15) is 0 Å². The minimum atomic E-state index is -0.0549. The number of nitrogens with zero attached hydrogens (tertiary/aromatic N) is 2. The first-order valence-corrected chi connectivity index (χ1v) is 9.36. The summed E-state index contributed by atoms with van der Waals surface area (Å²) in [6.45, 7) is 9.29. The van der Waals surface area contributed by atoms with Crippen molar-refractivity contribution in [1.29, 1.82) is 0 Å². The Morgan fingerprint density at radius 1 is 1.24 bits per heavy atom. The van der Waals surface area contributed by atoms with Gasteiger partial charge >= 0.3 is 0 Å². The van der Waals surface area contributed by atoms with Crippen molar-refractivity contribution in [2.24, 2.45) is 0 Å². The summed E-state index contributed by atoms with van der Waals surface area (Å²) in [7, 11) is 0. The topological polar surface area (TPSA) is 77.2 Å². The number of hydrogen-bond acceptors (Lipinski definition) is 6. The van der Waals surface area contributed by atoms with Gasteiger partial charge in [-0.3, -0.25) is 4.79 Å². The highest BCUT2D eigenvalue weighted by Crippen LogP contribution is 2.24. The van der Waals surface area contributed by atoms with E-state index < -0.39 is 0 Å². The fourth-order valence-electron chi connectivity index (χ4n) is 2.28. The molecule has 0 unspecified atom stereocenters. The first-order valence-electron chi connectivity index (χ1n) is 8.37. The smallest absolute Gasteiger partial charge is 0.277 e. The standard InChI is InChI=1S/C18H25N3O3S/c1-12(2)23-7-5-6-19-16(22)11-25-18-21-20-17(24-18)15-9-13(3)8-14(4)10-15/h8-10,12H,5-7,11H2,1-4H3,(H,19,22). The van der Waals surface area contributed by atoms with Gasteiger partial charge in [0.25, 0.3) is 5.22 Å². The van der Waals surface area contributed by atoms with Crippen molar-refractivity contribution in [3.8, 4) is 11.5 Å². The minimum Gasteiger partial charge on any atom is -0.411 e. The normalized spacial score (nSPS) is 11.1. The molecule has 2 rings (SSSR count). The van der Waals surface area contributed by atoms with Crippen LogP contribution in [0.15, 0.2) is 27.8 Å². The van der Waals surface area contributed by atoms with Crippen molar-refractivity contribution in [3.63, 3.8) is 0 Å². The highest BCUT2D eigenvalue weighted by Gasteiger charge is 2.11. The molecule has 2 aromatic rings. The fourth-order valence-corrected chi connectivity index (χ4v) is 2.87. The summed E-state index contributed by atoms with van der Waals surface area (Å²) < 4.78 is 11.1. The molecule has 0 fully saturated rings. The molecule has 0 aliphatic heterocycles. The van der Waals surface area contributed by atoms with Crippen LogP contribution in [0, 0.1) is 13.8 Å². The van der Waals surface area contributed by atoms with Crippen LogP contribution < -0.4 is 5.32 Å². The van der Waals surface area contributed by atoms with Crippen LogP contribution in [0.5, 0.6) is 0 Å². The SMILES string of the molecule is Cc1cc(C)cc(-c2nnc(SCC(=O)NCCCOC(C)C)o2)c1. The molecule has 0 radical (unpaired) electrons. The molecule has 0 spiro atoms. The van der Waals surface area contributed by atoms with E-state index in [1.165, 1.54) is 11.8 Å². The molecule has 1 amide bonds. The summed E-state index contributed by atoms with van der Waals surface area (Å²) in [6.07, 6.45) is 1.02. The second-order valence-electron chi connectivity index (χ2n) is 6.16. The van der Waals surface area contributed by atoms with E-state index in [1.807, 2.05) is 39.8 Å². The molecule has 0 saturated heterocycles. The van der Waals surface area contributed by atoms with Crippen molar-refractivity contribution in [2.45, 2.75) is 45.4 Å². The molecule has 1 heterocycles. The van der Waals surface area contributed by atoms with Crippen LogP contribution in [-0.2, 0) is 9.53 Å². The molecule has 0 bridgehead atoms. The Morgan fingerprint density at radius 2 is 1.96 bits per heavy atom. The van der Waals surface area contributed by atoms with Crippen LogP contribution in [-0.4, -0.2) is 41.1 Å². The van der Waals surface area contributed by atoms with Crippen LogP contribution >= 0.6 is 11.8 Å². The number of rotatable bonds is 9. The molecule has 7 heteroatoms. The van der Waals surface area contributed by atoms with Gasteiger partial charge in [0, 0.05) is 18.7 Å². The summed E-state index contributed by atoms with van der Waals surface area (Å²) in [5.74, 6) is 0.667. The number of aromatic nitrogens is 2. The zero-order valence-corrected chi connectivity index (χ0v) is 16.0. The molecule has 1 N–H and O–H groups in total. The third-order valence-corrected chi connectivity index (χ3v) is 4.11. The molecule has 0 saturated carbocycles. The first kappa shape index (κ1) is 19.5. The van der Waals surface area contributed by atoms with Gasteiger partial charge in [-0.05, 0) is 46.2 Å². The maximum absolute atomic E-state index is 11.8. The van der Waals surface area contributed by atoms with Gasteiger partial charge in [-0.1, -0.05) is 29.0 Å². The van der Waals surface area contributed by atoms with E-state index in [-0.39, 0.29) is 17.8 Å². The summed E-state index contributed by atoms with van der Waals surface area (Å²) >= 11 is 1.24. The second-order valence-corrected chi connectivity index (χ2v) is 7.09. The number of benzene rings is 1. The molecule has 136 valence electrons. The average molecular weight is 363 g/mol. The van der Waals surface area contributed by atoms with Crippen molar-refractivity contribution in [2.75, 3.05) is 18.9 Å². The van der Waals surface area contributed by atoms with Crippen molar-refractivity contribution < 1.29 is 13.9 Å². The third-order valence-electron chi connectivity index (χ3n) is 3.30. The van der Waals surface area contributed by atoms with Crippen LogP contribution in [0.3, 0.4) is 0 Å². The average Bonchev–Trinajstić information content (AvgIpc) is 3.00. The number of aryl methyl sites for hydroxylation is 2. The zero-order chi connectivity index (χ0) is 18.2. The molecule has 0 atom stereocenters. The van der Waals surface area contributed by atoms with Gasteiger partial charge in [0.05, 0.1) is 11.9 Å². The quantitative estimate of drug-likeness (QED) is 0.544. The predicted octanol–water partition coefficient (Wildman–Crippen LogP) is 3.38. The highest BCUT2D eigenvalue weighted by molar-refractivity contribution is 7.99. The lowest BCUT2D eigenvalue weighted by Crippen LogP contribution is -2.27. The Labute approximate surface area is 152 Å². The van der Waals surface area contributed by atoms with Gasteiger partial charge in [-0.25, -0.2) is 0 Å². The number of hydrogen-bond donors (Lipinski definition) is 1. The van der Waals surface area contributed by atoms with Gasteiger partial charge in [0.2, 0.25) is 11.8 Å². The van der Waals surface area contributed by atoms with Crippen LogP contribution in [0.4, 0.5) is 0 Å². The first-order chi connectivity index (χ1) is 11.9. The Kier molecular flexibility index (Phi) is 7.46. The molecule has 0 aliphatic carbocycles. The molecule has 6 nitrogen and oxygen atoms in total. The lowest BCUT2D eigenvalue weighted by molar-refractivity contribution is -0.118. The van der Waals surface area contributed by atoms with Gasteiger partial charge in [-0.15, -0.1) is 10.2 Å². The van der Waals surface area contributed by atoms with Crippen LogP contribution in [0.25, 0.3) is 11.5 Å². The molecule has 1 aromatic heterocycles. The monoisotopic (exact) mass is 363 g/mol. The molecular formula is C18H25N3O3S. The van der Waals surface area contributed by atoms with Crippen LogP contribution in [0.1, 0.15) is 31.4 Å². The van der Waals surface area contributed by atoms with Crippen molar-refractivity contribution in [1.82, 2.24) is 15.5 Å². The van der Waals surface area contributed by atoms with E-state index in [9.17, 15) is 4.79 Å². The summed E-state index contributed by atoms with van der Waals surface area (Å²) in [4.78, 5) is 11.8. The molecule has 1 aromatic carbocycles. The minimum absolute atomic E-state index is 0.0549. The van der Waals surface area contributed by atoms with Gasteiger partial charge < -0.3 is 14.5 Å². The predicted molar refractivity (Wildman–Crippen MR) is 98.6 cm³/mol. The van der Waals surface area contributed by atoms with Gasteiger partial charge in [0.1, 0.15) is 0 Å². The summed E-state index contributed by atoms with van der Waals surface area (Å²) in [5, 5.41) is 11.3. The Morgan fingerprint density at radius 3 is 2.64 bits per heavy atom. The molecular weight excluding hydrogens is 338 g/mol. The van der Waals surface area contributed by atoms with Crippen LogP contribution in [0.2, 0.25) is 0 Å². The number of ether oxygens (including phenoxy) is 1. The van der Waals surface area contributed by atoms with Crippen molar-refractivity contribution >= 4 is 17.7 Å². The van der Waals surface area contributed by atoms with Gasteiger partial charge in [0.15, 0.2) is 0 Å². The molecule has 0 aliphatic rings. The number of amides is 1. The number of thioether (sulfide) groups is 1. The van der Waals surface area contributed by atoms with E-state index >= 15 is 0 Å². The van der Waals surface area contributed by atoms with E-state index in [4.69, 9.17) is 9.15 Å². The second kappa shape index (κ2) is 9.58. The van der Waals surface area contributed by atoms with E-state index in [1.54, 1.807) is 0 Å². The molecule has 25 heavy (non-hydrogen) atoms. The number of carbonyl (C=O) groups is 1. The Balaban J connectivity index is 1.76.